The molecule has 0 saturated carbocycles. The van der Waals surface area contributed by atoms with Gasteiger partial charge in [0.15, 0.2) is 5.82 Å². The number of urea groups is 1. The summed E-state index contributed by atoms with van der Waals surface area (Å²) in [5.74, 6) is 0.399. The second-order valence-corrected chi connectivity index (χ2v) is 7.13. The van der Waals surface area contributed by atoms with Gasteiger partial charge in [-0.1, -0.05) is 48.9 Å². The van der Waals surface area contributed by atoms with E-state index in [2.05, 4.69) is 39.7 Å². The number of anilines is 1. The number of nitriles is 1. The summed E-state index contributed by atoms with van der Waals surface area (Å²) in [6.07, 6.45) is 6.52. The van der Waals surface area contributed by atoms with Crippen LogP contribution in [0.5, 0.6) is 0 Å². The average molecular weight is 412 g/mol. The molecule has 0 aliphatic rings. The molecule has 2 amide bonds. The Morgan fingerprint density at radius 2 is 1.94 bits per heavy atom. The average Bonchev–Trinajstić information content (AvgIpc) is 2.79. The van der Waals surface area contributed by atoms with E-state index in [1.807, 2.05) is 43.3 Å². The van der Waals surface area contributed by atoms with Crippen LogP contribution >= 0.6 is 0 Å². The molecule has 0 atom stereocenters. The number of carbonyl (C=O) groups is 1. The van der Waals surface area contributed by atoms with Crippen molar-refractivity contribution in [1.82, 2.24) is 15.3 Å². The zero-order valence-electron chi connectivity index (χ0n) is 17.7. The molecular weight excluding hydrogens is 386 g/mol. The number of benzene rings is 2. The topological polar surface area (TPSA) is 90.7 Å². The molecule has 2 N–H and O–H groups in total. The third kappa shape index (κ3) is 6.25. The van der Waals surface area contributed by atoms with E-state index in [-0.39, 0.29) is 6.03 Å². The van der Waals surface area contributed by atoms with Gasteiger partial charge in [-0.3, -0.25) is 0 Å². The van der Waals surface area contributed by atoms with Gasteiger partial charge in [-0.15, -0.1) is 0 Å². The van der Waals surface area contributed by atoms with Crippen molar-refractivity contribution < 1.29 is 4.79 Å². The zero-order chi connectivity index (χ0) is 22.1. The fourth-order valence-corrected chi connectivity index (χ4v) is 3.21. The molecule has 6 nitrogen and oxygen atoms in total. The minimum Gasteiger partial charge on any atom is -0.338 e. The lowest BCUT2D eigenvalue weighted by Gasteiger charge is -2.12. The van der Waals surface area contributed by atoms with Gasteiger partial charge >= 0.3 is 6.03 Å². The number of aryl methyl sites for hydroxylation is 2. The first-order valence-electron chi connectivity index (χ1n) is 10.2. The van der Waals surface area contributed by atoms with Crippen molar-refractivity contribution in [3.63, 3.8) is 0 Å². The van der Waals surface area contributed by atoms with Crippen LogP contribution in [0.2, 0.25) is 0 Å². The van der Waals surface area contributed by atoms with Crippen LogP contribution in [0.3, 0.4) is 0 Å². The molecule has 156 valence electrons. The van der Waals surface area contributed by atoms with E-state index in [4.69, 9.17) is 0 Å². The second-order valence-electron chi connectivity index (χ2n) is 7.13. The number of hydrogen-bond donors (Lipinski definition) is 2. The van der Waals surface area contributed by atoms with Crippen LogP contribution in [-0.4, -0.2) is 22.5 Å². The number of allylic oxidation sites excluding steroid dienone is 1. The lowest BCUT2D eigenvalue weighted by atomic mass is 10.1. The van der Waals surface area contributed by atoms with Crippen LogP contribution < -0.4 is 10.6 Å². The maximum Gasteiger partial charge on any atom is 0.319 e. The molecule has 0 spiro atoms. The predicted octanol–water partition coefficient (Wildman–Crippen LogP) is 4.78. The number of carbonyl (C=O) groups excluding carboxylic acids is 1. The van der Waals surface area contributed by atoms with Gasteiger partial charge in [0.2, 0.25) is 0 Å². The summed E-state index contributed by atoms with van der Waals surface area (Å²) in [5.41, 5.74) is 5.48. The van der Waals surface area contributed by atoms with Gasteiger partial charge < -0.3 is 10.6 Å². The highest BCUT2D eigenvalue weighted by atomic mass is 16.2. The molecule has 3 rings (SSSR count). The van der Waals surface area contributed by atoms with E-state index >= 15 is 0 Å². The van der Waals surface area contributed by atoms with Crippen molar-refractivity contribution in [1.29, 1.82) is 5.26 Å². The second kappa shape index (κ2) is 10.7. The minimum absolute atomic E-state index is 0.220. The highest BCUT2D eigenvalue weighted by Crippen LogP contribution is 2.18. The van der Waals surface area contributed by atoms with E-state index in [9.17, 15) is 10.1 Å². The highest BCUT2D eigenvalue weighted by Gasteiger charge is 2.07. The molecule has 0 bridgehead atoms. The normalized spacial score (nSPS) is 10.9. The Hall–Kier alpha value is -3.98. The van der Waals surface area contributed by atoms with Crippen molar-refractivity contribution in [2.75, 3.05) is 11.9 Å². The quantitative estimate of drug-likeness (QED) is 0.548. The van der Waals surface area contributed by atoms with Crippen molar-refractivity contribution in [2.24, 2.45) is 0 Å². The molecular formula is C25H25N5O. The van der Waals surface area contributed by atoms with Crippen LogP contribution in [0.4, 0.5) is 10.5 Å². The monoisotopic (exact) mass is 411 g/mol. The van der Waals surface area contributed by atoms with Gasteiger partial charge in [0.05, 0.1) is 5.57 Å². The highest BCUT2D eigenvalue weighted by molar-refractivity contribution is 5.90. The van der Waals surface area contributed by atoms with E-state index in [1.54, 1.807) is 24.5 Å². The molecule has 0 aliphatic heterocycles. The fraction of sp³-hybridized carbons (Fsp3) is 0.200. The largest absolute Gasteiger partial charge is 0.338 e. The van der Waals surface area contributed by atoms with E-state index in [0.29, 0.717) is 24.4 Å². The Bertz CT molecular complexity index is 1120. The molecule has 1 heterocycles. The van der Waals surface area contributed by atoms with Gasteiger partial charge in [-0.05, 0) is 54.7 Å². The van der Waals surface area contributed by atoms with Crippen molar-refractivity contribution >= 4 is 23.4 Å². The van der Waals surface area contributed by atoms with Gasteiger partial charge in [-0.2, -0.15) is 5.26 Å². The molecule has 0 unspecified atom stereocenters. The SMILES string of the molecule is CCc1cc(C)ccc1NC(=O)NCCc1cccc(C=C(C#N)c2ncccn2)c1. The number of nitrogens with one attached hydrogen (secondary N) is 2. The molecule has 3 aromatic rings. The standard InChI is InChI=1S/C25H25N5O/c1-3-21-14-18(2)8-9-23(21)30-25(31)29-13-10-19-6-4-7-20(15-19)16-22(17-26)24-27-11-5-12-28-24/h4-9,11-12,14-16H,3,10,13H2,1-2H3,(H2,29,30,31). The lowest BCUT2D eigenvalue weighted by molar-refractivity contribution is 0.252. The Kier molecular flexibility index (Phi) is 7.50. The van der Waals surface area contributed by atoms with Crippen LogP contribution in [-0.2, 0) is 12.8 Å². The molecule has 0 fully saturated rings. The number of aromatic nitrogens is 2. The molecule has 0 saturated heterocycles. The zero-order valence-corrected chi connectivity index (χ0v) is 17.7. The first-order valence-corrected chi connectivity index (χ1v) is 10.2. The molecule has 0 radical (unpaired) electrons. The maximum absolute atomic E-state index is 12.3. The summed E-state index contributed by atoms with van der Waals surface area (Å²) in [7, 11) is 0. The Morgan fingerprint density at radius 3 is 2.68 bits per heavy atom. The number of amides is 2. The van der Waals surface area contributed by atoms with E-state index < -0.39 is 0 Å². The smallest absolute Gasteiger partial charge is 0.319 e. The summed E-state index contributed by atoms with van der Waals surface area (Å²) in [6.45, 7) is 4.61. The maximum atomic E-state index is 12.3. The third-order valence-corrected chi connectivity index (χ3v) is 4.78. The first kappa shape index (κ1) is 21.7. The van der Waals surface area contributed by atoms with Crippen molar-refractivity contribution in [3.8, 4) is 6.07 Å². The number of hydrogen-bond acceptors (Lipinski definition) is 4. The summed E-state index contributed by atoms with van der Waals surface area (Å²) in [4.78, 5) is 20.5. The number of nitrogens with zero attached hydrogens (tertiary/aromatic N) is 3. The van der Waals surface area contributed by atoms with Crippen LogP contribution in [0.25, 0.3) is 11.6 Å². The van der Waals surface area contributed by atoms with Crippen LogP contribution in [0, 0.1) is 18.3 Å². The van der Waals surface area contributed by atoms with Gasteiger partial charge in [0.25, 0.3) is 0 Å². The van der Waals surface area contributed by atoms with Crippen molar-refractivity contribution in [3.05, 3.63) is 89.0 Å². The van der Waals surface area contributed by atoms with Crippen LogP contribution in [0.1, 0.15) is 35.0 Å². The lowest BCUT2D eigenvalue weighted by Crippen LogP contribution is -2.30. The molecule has 2 aromatic carbocycles. The van der Waals surface area contributed by atoms with Crippen LogP contribution in [0.15, 0.2) is 60.9 Å². The summed E-state index contributed by atoms with van der Waals surface area (Å²) < 4.78 is 0. The van der Waals surface area contributed by atoms with E-state index in [1.165, 1.54) is 5.56 Å². The Morgan fingerprint density at radius 1 is 1.13 bits per heavy atom. The third-order valence-electron chi connectivity index (χ3n) is 4.78. The van der Waals surface area contributed by atoms with E-state index in [0.717, 1.165) is 28.8 Å². The van der Waals surface area contributed by atoms with Crippen molar-refractivity contribution in [2.45, 2.75) is 26.7 Å². The Balaban J connectivity index is 1.59. The minimum atomic E-state index is -0.220. The fourth-order valence-electron chi connectivity index (χ4n) is 3.21. The predicted molar refractivity (Wildman–Crippen MR) is 123 cm³/mol. The molecule has 1 aromatic heterocycles. The number of rotatable bonds is 7. The molecule has 0 aliphatic carbocycles. The van der Waals surface area contributed by atoms with Gasteiger partial charge in [0, 0.05) is 24.6 Å². The molecule has 31 heavy (non-hydrogen) atoms. The molecule has 6 heteroatoms. The Labute approximate surface area is 182 Å². The van der Waals surface area contributed by atoms with Gasteiger partial charge in [0.1, 0.15) is 6.07 Å². The van der Waals surface area contributed by atoms with Gasteiger partial charge in [-0.25, -0.2) is 14.8 Å². The summed E-state index contributed by atoms with van der Waals surface area (Å²) in [6, 6.07) is 17.5. The first-order chi connectivity index (χ1) is 15.1. The summed E-state index contributed by atoms with van der Waals surface area (Å²) >= 11 is 0. The summed E-state index contributed by atoms with van der Waals surface area (Å²) in [5, 5.41) is 15.3.